The first kappa shape index (κ1) is 22.8. The lowest BCUT2D eigenvalue weighted by molar-refractivity contribution is -0.120. The Hall–Kier alpha value is -2.40. The van der Waals surface area contributed by atoms with Crippen molar-refractivity contribution in [3.63, 3.8) is 0 Å². The second-order valence-corrected chi connectivity index (χ2v) is 10.5. The molecular formula is C21H18ClF2N3O3S2. The summed E-state index contributed by atoms with van der Waals surface area (Å²) in [5, 5.41) is 4.71. The molecule has 2 aromatic carbocycles. The van der Waals surface area contributed by atoms with Gasteiger partial charge in [0.25, 0.3) is 0 Å². The Morgan fingerprint density at radius 1 is 1.12 bits per heavy atom. The van der Waals surface area contributed by atoms with Gasteiger partial charge in [-0.3, -0.25) is 4.79 Å². The Labute approximate surface area is 192 Å². The van der Waals surface area contributed by atoms with Crippen LogP contribution in [0, 0.1) is 17.6 Å². The van der Waals surface area contributed by atoms with E-state index in [-0.39, 0.29) is 40.6 Å². The van der Waals surface area contributed by atoms with Gasteiger partial charge in [0, 0.05) is 30.0 Å². The smallest absolute Gasteiger partial charge is 0.243 e. The number of rotatable bonds is 5. The lowest BCUT2D eigenvalue weighted by Gasteiger charge is -2.30. The molecule has 11 heteroatoms. The van der Waals surface area contributed by atoms with Crippen LogP contribution in [0.5, 0.6) is 0 Å². The van der Waals surface area contributed by atoms with Crippen LogP contribution in [0.2, 0.25) is 5.02 Å². The molecule has 1 aromatic heterocycles. The topological polar surface area (TPSA) is 79.4 Å². The van der Waals surface area contributed by atoms with Gasteiger partial charge in [0.15, 0.2) is 5.13 Å². The van der Waals surface area contributed by atoms with Crippen molar-refractivity contribution in [1.29, 1.82) is 0 Å². The Bertz CT molecular complexity index is 1240. The first-order valence-corrected chi connectivity index (χ1v) is 12.4. The maximum Gasteiger partial charge on any atom is 0.243 e. The van der Waals surface area contributed by atoms with E-state index >= 15 is 0 Å². The third kappa shape index (κ3) is 4.83. The molecule has 1 fully saturated rings. The Morgan fingerprint density at radius 3 is 2.47 bits per heavy atom. The Morgan fingerprint density at radius 2 is 1.81 bits per heavy atom. The second kappa shape index (κ2) is 9.22. The summed E-state index contributed by atoms with van der Waals surface area (Å²) < 4.78 is 53.3. The molecule has 0 bridgehead atoms. The number of sulfonamides is 1. The number of nitrogens with one attached hydrogen (secondary N) is 1. The van der Waals surface area contributed by atoms with Gasteiger partial charge in [-0.25, -0.2) is 22.2 Å². The fraction of sp³-hybridized carbons (Fsp3) is 0.238. The number of nitrogens with zero attached hydrogens (tertiary/aromatic N) is 2. The van der Waals surface area contributed by atoms with Crippen molar-refractivity contribution in [2.75, 3.05) is 18.4 Å². The van der Waals surface area contributed by atoms with Crippen molar-refractivity contribution in [3.05, 3.63) is 64.5 Å². The third-order valence-electron chi connectivity index (χ3n) is 5.23. The number of anilines is 1. The number of aromatic nitrogens is 1. The zero-order valence-electron chi connectivity index (χ0n) is 16.6. The molecule has 0 unspecified atom stereocenters. The van der Waals surface area contributed by atoms with Crippen molar-refractivity contribution >= 4 is 44.0 Å². The van der Waals surface area contributed by atoms with Crippen molar-refractivity contribution < 1.29 is 22.0 Å². The van der Waals surface area contributed by atoms with Gasteiger partial charge in [0.2, 0.25) is 15.9 Å². The van der Waals surface area contributed by atoms with E-state index in [2.05, 4.69) is 10.3 Å². The number of thiazole rings is 1. The standard InChI is InChI=1S/C21H18ClF2N3O3S2/c22-17-11-16(5-6-18(17)24)32(29,30)27-9-7-14(8-10-27)20(28)26-21-25-19(12-31-21)13-1-3-15(23)4-2-13/h1-6,11-12,14H,7-10H2,(H,25,26,28). The molecule has 1 N–H and O–H groups in total. The summed E-state index contributed by atoms with van der Waals surface area (Å²) in [6, 6.07) is 9.19. The summed E-state index contributed by atoms with van der Waals surface area (Å²) in [5.74, 6) is -1.62. The Balaban J connectivity index is 1.36. The minimum atomic E-state index is -3.83. The highest BCUT2D eigenvalue weighted by atomic mass is 35.5. The van der Waals surface area contributed by atoms with E-state index in [9.17, 15) is 22.0 Å². The third-order valence-corrected chi connectivity index (χ3v) is 8.17. The second-order valence-electron chi connectivity index (χ2n) is 7.29. The fourth-order valence-electron chi connectivity index (χ4n) is 3.44. The quantitative estimate of drug-likeness (QED) is 0.550. The molecule has 1 saturated heterocycles. The van der Waals surface area contributed by atoms with Crippen LogP contribution in [0.15, 0.2) is 52.7 Å². The van der Waals surface area contributed by atoms with E-state index in [4.69, 9.17) is 11.6 Å². The molecule has 0 aliphatic carbocycles. The molecule has 0 atom stereocenters. The van der Waals surface area contributed by atoms with Gasteiger partial charge in [-0.05, 0) is 55.3 Å². The maximum absolute atomic E-state index is 13.4. The minimum Gasteiger partial charge on any atom is -0.302 e. The average Bonchev–Trinajstić information content (AvgIpc) is 3.24. The van der Waals surface area contributed by atoms with Gasteiger partial charge in [0.05, 0.1) is 15.6 Å². The normalized spacial score (nSPS) is 15.6. The van der Waals surface area contributed by atoms with E-state index in [0.717, 1.165) is 17.7 Å². The SMILES string of the molecule is O=C(Nc1nc(-c2ccc(F)cc2)cs1)C1CCN(S(=O)(=O)c2ccc(F)c(Cl)c2)CC1. The molecule has 3 aromatic rings. The van der Waals surface area contributed by atoms with Crippen LogP contribution >= 0.6 is 22.9 Å². The molecule has 1 amide bonds. The lowest BCUT2D eigenvalue weighted by atomic mass is 9.97. The van der Waals surface area contributed by atoms with E-state index in [1.165, 1.54) is 33.8 Å². The number of hydrogen-bond acceptors (Lipinski definition) is 5. The van der Waals surface area contributed by atoms with Crippen LogP contribution in [-0.4, -0.2) is 36.7 Å². The molecule has 6 nitrogen and oxygen atoms in total. The van der Waals surface area contributed by atoms with Gasteiger partial charge in [-0.15, -0.1) is 11.3 Å². The monoisotopic (exact) mass is 497 g/mol. The van der Waals surface area contributed by atoms with Crippen molar-refractivity contribution in [1.82, 2.24) is 9.29 Å². The van der Waals surface area contributed by atoms with Crippen molar-refractivity contribution in [3.8, 4) is 11.3 Å². The summed E-state index contributed by atoms with van der Waals surface area (Å²) in [7, 11) is -3.83. The van der Waals surface area contributed by atoms with Crippen LogP contribution in [-0.2, 0) is 14.8 Å². The first-order chi connectivity index (χ1) is 15.2. The van der Waals surface area contributed by atoms with Crippen molar-refractivity contribution in [2.24, 2.45) is 5.92 Å². The molecule has 0 saturated carbocycles. The highest BCUT2D eigenvalue weighted by Crippen LogP contribution is 2.29. The predicted octanol–water partition coefficient (Wildman–Crippen LogP) is 4.78. The molecule has 1 aliphatic rings. The number of carbonyl (C=O) groups excluding carboxylic acids is 1. The number of amides is 1. The van der Waals surface area contributed by atoms with E-state index in [0.29, 0.717) is 23.7 Å². The molecule has 32 heavy (non-hydrogen) atoms. The molecule has 0 spiro atoms. The van der Waals surface area contributed by atoms with Crippen molar-refractivity contribution in [2.45, 2.75) is 17.7 Å². The molecule has 4 rings (SSSR count). The van der Waals surface area contributed by atoms with E-state index in [1.807, 2.05) is 0 Å². The fourth-order valence-corrected chi connectivity index (χ4v) is 5.90. The van der Waals surface area contributed by atoms with Gasteiger partial charge in [0.1, 0.15) is 11.6 Å². The molecular weight excluding hydrogens is 480 g/mol. The van der Waals surface area contributed by atoms with Gasteiger partial charge in [-0.2, -0.15) is 4.31 Å². The summed E-state index contributed by atoms with van der Waals surface area (Å²) in [6.07, 6.45) is 0.687. The number of halogens is 3. The summed E-state index contributed by atoms with van der Waals surface area (Å²) in [5.41, 5.74) is 1.37. The molecule has 2 heterocycles. The molecule has 1 aliphatic heterocycles. The number of hydrogen-bond donors (Lipinski definition) is 1. The van der Waals surface area contributed by atoms with E-state index < -0.39 is 15.8 Å². The Kier molecular flexibility index (Phi) is 6.57. The van der Waals surface area contributed by atoms with Crippen LogP contribution in [0.3, 0.4) is 0 Å². The van der Waals surface area contributed by atoms with Gasteiger partial charge >= 0.3 is 0 Å². The largest absolute Gasteiger partial charge is 0.302 e. The van der Waals surface area contributed by atoms with Crippen LogP contribution < -0.4 is 5.32 Å². The van der Waals surface area contributed by atoms with Gasteiger partial charge in [-0.1, -0.05) is 11.6 Å². The minimum absolute atomic E-state index is 0.0806. The van der Waals surface area contributed by atoms with Gasteiger partial charge < -0.3 is 5.32 Å². The highest BCUT2D eigenvalue weighted by Gasteiger charge is 2.32. The predicted molar refractivity (Wildman–Crippen MR) is 119 cm³/mol. The summed E-state index contributed by atoms with van der Waals surface area (Å²) >= 11 is 6.98. The maximum atomic E-state index is 13.4. The van der Waals surface area contributed by atoms with Crippen LogP contribution in [0.4, 0.5) is 13.9 Å². The summed E-state index contributed by atoms with van der Waals surface area (Å²) in [4.78, 5) is 16.9. The van der Waals surface area contributed by atoms with Crippen LogP contribution in [0.25, 0.3) is 11.3 Å². The summed E-state index contributed by atoms with van der Waals surface area (Å²) in [6.45, 7) is 0.322. The number of piperidine rings is 1. The van der Waals surface area contributed by atoms with Crippen LogP contribution in [0.1, 0.15) is 12.8 Å². The molecule has 0 radical (unpaired) electrons. The highest BCUT2D eigenvalue weighted by molar-refractivity contribution is 7.89. The number of carbonyl (C=O) groups is 1. The average molecular weight is 498 g/mol. The molecule has 168 valence electrons. The zero-order chi connectivity index (χ0) is 22.9. The lowest BCUT2D eigenvalue weighted by Crippen LogP contribution is -2.41. The number of benzene rings is 2. The zero-order valence-corrected chi connectivity index (χ0v) is 19.0. The first-order valence-electron chi connectivity index (χ1n) is 9.71. The van der Waals surface area contributed by atoms with E-state index in [1.54, 1.807) is 17.5 Å².